The molecule has 0 bridgehead atoms. The van der Waals surface area contributed by atoms with Crippen molar-refractivity contribution in [3.05, 3.63) is 59.9 Å². The van der Waals surface area contributed by atoms with E-state index in [-0.39, 0.29) is 17.6 Å². The van der Waals surface area contributed by atoms with Crippen LogP contribution in [0.4, 0.5) is 5.69 Å². The van der Waals surface area contributed by atoms with Crippen LogP contribution in [-0.2, 0) is 9.59 Å². The number of aromatic amines is 1. The van der Waals surface area contributed by atoms with Crippen molar-refractivity contribution >= 4 is 40.3 Å². The number of pyridine rings is 1. The van der Waals surface area contributed by atoms with Gasteiger partial charge in [0.25, 0.3) is 0 Å². The highest BCUT2D eigenvalue weighted by molar-refractivity contribution is 8.00. The monoisotopic (exact) mass is 422 g/mol. The van der Waals surface area contributed by atoms with Crippen molar-refractivity contribution in [2.24, 2.45) is 0 Å². The Kier molecular flexibility index (Phi) is 6.38. The predicted molar refractivity (Wildman–Crippen MR) is 122 cm³/mol. The zero-order chi connectivity index (χ0) is 20.9. The van der Waals surface area contributed by atoms with Gasteiger partial charge >= 0.3 is 0 Å². The highest BCUT2D eigenvalue weighted by Gasteiger charge is 2.25. The van der Waals surface area contributed by atoms with E-state index in [1.807, 2.05) is 42.2 Å². The Morgan fingerprint density at radius 3 is 2.83 bits per heavy atom. The molecule has 0 saturated carbocycles. The molecule has 4 rings (SSSR count). The summed E-state index contributed by atoms with van der Waals surface area (Å²) in [5, 5.41) is 4.06. The average molecular weight is 423 g/mol. The summed E-state index contributed by atoms with van der Waals surface area (Å²) in [4.78, 5) is 34.2. The number of fused-ring (bicyclic) bond motifs is 1. The summed E-state index contributed by atoms with van der Waals surface area (Å²) < 4.78 is 0. The van der Waals surface area contributed by atoms with Crippen molar-refractivity contribution in [2.45, 2.75) is 25.7 Å². The number of nitrogens with one attached hydrogen (secondary N) is 2. The first-order valence-corrected chi connectivity index (χ1v) is 11.4. The maximum absolute atomic E-state index is 12.5. The Hall–Kier alpha value is -2.80. The summed E-state index contributed by atoms with van der Waals surface area (Å²) in [7, 11) is 0. The molecule has 1 aliphatic heterocycles. The first-order valence-electron chi connectivity index (χ1n) is 10.2. The third-order valence-electron chi connectivity index (χ3n) is 5.53. The Morgan fingerprint density at radius 2 is 2.03 bits per heavy atom. The minimum absolute atomic E-state index is 0.0787. The van der Waals surface area contributed by atoms with Crippen LogP contribution in [0.15, 0.2) is 48.8 Å². The molecule has 1 aromatic carbocycles. The van der Waals surface area contributed by atoms with Crippen LogP contribution in [0.25, 0.3) is 11.0 Å². The zero-order valence-electron chi connectivity index (χ0n) is 17.1. The fourth-order valence-electron chi connectivity index (χ4n) is 4.00. The smallest absolute Gasteiger partial charge is 0.234 e. The second-order valence-corrected chi connectivity index (χ2v) is 8.69. The van der Waals surface area contributed by atoms with Crippen molar-refractivity contribution in [1.82, 2.24) is 14.9 Å². The molecule has 0 radical (unpaired) electrons. The summed E-state index contributed by atoms with van der Waals surface area (Å²) >= 11 is 1.37. The quantitative estimate of drug-likeness (QED) is 0.631. The first kappa shape index (κ1) is 20.5. The Bertz CT molecular complexity index is 1040. The highest BCUT2D eigenvalue weighted by atomic mass is 32.2. The molecule has 0 unspecified atom stereocenters. The number of H-pyrrole nitrogens is 1. The molecule has 0 atom stereocenters. The van der Waals surface area contributed by atoms with Crippen molar-refractivity contribution in [2.75, 3.05) is 29.9 Å². The largest absolute Gasteiger partial charge is 0.346 e. The minimum atomic E-state index is -0.0787. The van der Waals surface area contributed by atoms with Gasteiger partial charge in [-0.25, -0.2) is 4.98 Å². The van der Waals surface area contributed by atoms with Gasteiger partial charge in [-0.2, -0.15) is 0 Å². The number of rotatable bonds is 6. The number of carbonyl (C=O) groups is 2. The van der Waals surface area contributed by atoms with E-state index in [1.165, 1.54) is 22.7 Å². The molecule has 0 spiro atoms. The molecule has 2 amide bonds. The van der Waals surface area contributed by atoms with Gasteiger partial charge in [0.05, 0.1) is 11.5 Å². The molecule has 0 aliphatic carbocycles. The van der Waals surface area contributed by atoms with E-state index in [1.54, 1.807) is 6.20 Å². The van der Waals surface area contributed by atoms with Crippen molar-refractivity contribution in [3.8, 4) is 0 Å². The Balaban J connectivity index is 1.21. The van der Waals surface area contributed by atoms with E-state index in [0.717, 1.165) is 42.8 Å². The van der Waals surface area contributed by atoms with Gasteiger partial charge in [0.15, 0.2) is 0 Å². The van der Waals surface area contributed by atoms with Gasteiger partial charge in [-0.15, -0.1) is 11.8 Å². The van der Waals surface area contributed by atoms with E-state index in [4.69, 9.17) is 0 Å². The molecule has 2 N–H and O–H groups in total. The van der Waals surface area contributed by atoms with E-state index in [0.29, 0.717) is 11.7 Å². The number of amides is 2. The van der Waals surface area contributed by atoms with E-state index in [9.17, 15) is 9.59 Å². The number of nitrogens with zero attached hydrogens (tertiary/aromatic N) is 2. The summed E-state index contributed by atoms with van der Waals surface area (Å²) in [6.07, 6.45) is 5.75. The second kappa shape index (κ2) is 9.34. The van der Waals surface area contributed by atoms with Crippen molar-refractivity contribution in [3.63, 3.8) is 0 Å². The molecule has 2 aromatic heterocycles. The summed E-state index contributed by atoms with van der Waals surface area (Å²) in [5.41, 5.74) is 4.11. The van der Waals surface area contributed by atoms with Gasteiger partial charge < -0.3 is 15.2 Å². The lowest BCUT2D eigenvalue weighted by atomic mass is 9.89. The van der Waals surface area contributed by atoms with Crippen LogP contribution in [-0.4, -0.2) is 51.3 Å². The normalized spacial score (nSPS) is 14.8. The topological polar surface area (TPSA) is 78.1 Å². The molecule has 3 aromatic rings. The summed E-state index contributed by atoms with van der Waals surface area (Å²) in [5.74, 6) is 1.09. The number of likely N-dealkylation sites (tertiary alicyclic amines) is 1. The van der Waals surface area contributed by atoms with Crippen LogP contribution in [0.5, 0.6) is 0 Å². The lowest BCUT2D eigenvalue weighted by Crippen LogP contribution is -2.39. The fourth-order valence-corrected chi connectivity index (χ4v) is 4.71. The molecule has 3 heterocycles. The van der Waals surface area contributed by atoms with E-state index in [2.05, 4.69) is 27.5 Å². The number of benzene rings is 1. The lowest BCUT2D eigenvalue weighted by molar-refractivity contribution is -0.129. The summed E-state index contributed by atoms with van der Waals surface area (Å²) in [6.45, 7) is 3.50. The standard InChI is InChI=1S/C23H26N4O2S/c1-16-4-2-5-18(12-16)26-21(28)14-30-15-22(29)27-10-7-17(8-11-27)20-13-25-23-19(20)6-3-9-24-23/h2-6,9,12-13,17H,7-8,10-11,14-15H2,1H3,(H,24,25)(H,26,28). The number of aryl methyl sites for hydroxylation is 1. The molecule has 30 heavy (non-hydrogen) atoms. The highest BCUT2D eigenvalue weighted by Crippen LogP contribution is 2.32. The van der Waals surface area contributed by atoms with Gasteiger partial charge in [0.1, 0.15) is 5.65 Å². The van der Waals surface area contributed by atoms with Crippen molar-refractivity contribution < 1.29 is 9.59 Å². The van der Waals surface area contributed by atoms with Gasteiger partial charge in [-0.05, 0) is 61.1 Å². The molecule has 1 saturated heterocycles. The van der Waals surface area contributed by atoms with Crippen LogP contribution in [0, 0.1) is 6.92 Å². The zero-order valence-corrected chi connectivity index (χ0v) is 17.9. The number of hydrogen-bond donors (Lipinski definition) is 2. The number of hydrogen-bond acceptors (Lipinski definition) is 4. The van der Waals surface area contributed by atoms with Crippen LogP contribution >= 0.6 is 11.8 Å². The SMILES string of the molecule is Cc1cccc(NC(=O)CSCC(=O)N2CCC(c3c[nH]c4ncccc34)CC2)c1. The van der Waals surface area contributed by atoms with Crippen LogP contribution in [0.3, 0.4) is 0 Å². The molecule has 1 fully saturated rings. The molecule has 7 heteroatoms. The van der Waals surface area contributed by atoms with Crippen LogP contribution < -0.4 is 5.32 Å². The number of aromatic nitrogens is 2. The lowest BCUT2D eigenvalue weighted by Gasteiger charge is -2.32. The third-order valence-corrected chi connectivity index (χ3v) is 6.45. The molecular formula is C23H26N4O2S. The average Bonchev–Trinajstić information content (AvgIpc) is 3.18. The van der Waals surface area contributed by atoms with Gasteiger partial charge in [-0.3, -0.25) is 9.59 Å². The second-order valence-electron chi connectivity index (χ2n) is 7.71. The Labute approximate surface area is 180 Å². The summed E-state index contributed by atoms with van der Waals surface area (Å²) in [6, 6.07) is 11.8. The molecule has 156 valence electrons. The van der Waals surface area contributed by atoms with E-state index >= 15 is 0 Å². The van der Waals surface area contributed by atoms with Gasteiger partial charge in [0, 0.05) is 36.6 Å². The first-order chi connectivity index (χ1) is 14.6. The Morgan fingerprint density at radius 1 is 1.20 bits per heavy atom. The number of thioether (sulfide) groups is 1. The minimum Gasteiger partial charge on any atom is -0.346 e. The third kappa shape index (κ3) is 4.84. The molecule has 1 aliphatic rings. The van der Waals surface area contributed by atoms with Crippen LogP contribution in [0.1, 0.15) is 29.9 Å². The van der Waals surface area contributed by atoms with Gasteiger partial charge in [-0.1, -0.05) is 12.1 Å². The predicted octanol–water partition coefficient (Wildman–Crippen LogP) is 3.95. The molecular weight excluding hydrogens is 396 g/mol. The number of anilines is 1. The van der Waals surface area contributed by atoms with Crippen LogP contribution in [0.2, 0.25) is 0 Å². The molecule has 6 nitrogen and oxygen atoms in total. The number of piperidine rings is 1. The fraction of sp³-hybridized carbons (Fsp3) is 0.348. The maximum Gasteiger partial charge on any atom is 0.234 e. The van der Waals surface area contributed by atoms with E-state index < -0.39 is 0 Å². The van der Waals surface area contributed by atoms with Gasteiger partial charge in [0.2, 0.25) is 11.8 Å². The number of carbonyl (C=O) groups excluding carboxylic acids is 2. The van der Waals surface area contributed by atoms with Crippen molar-refractivity contribution in [1.29, 1.82) is 0 Å². The maximum atomic E-state index is 12.5.